The quantitative estimate of drug-likeness (QED) is 0.579. The predicted octanol–water partition coefficient (Wildman–Crippen LogP) is 2.05. The standard InChI is InChI=1S/C16H20N2O4S/c1-3-12-9(2)8-13(23-12)15(20)18-17-14(19)10-6-4-5-7-11(10)16(21)22/h4-5,8,10-11H,3,6-7H2,1-2H3,(H,17,19)(H,18,20)(H,21,22)/t10-,11-/m0/s1. The van der Waals surface area contributed by atoms with E-state index in [1.165, 1.54) is 11.3 Å². The van der Waals surface area contributed by atoms with Crippen molar-refractivity contribution in [1.82, 2.24) is 10.9 Å². The third-order valence-corrected chi connectivity index (χ3v) is 5.33. The van der Waals surface area contributed by atoms with Crippen LogP contribution in [0.3, 0.4) is 0 Å². The molecule has 1 heterocycles. The largest absolute Gasteiger partial charge is 0.481 e. The van der Waals surface area contributed by atoms with E-state index in [-0.39, 0.29) is 5.91 Å². The number of thiophene rings is 1. The molecular formula is C16H20N2O4S. The Kier molecular flexibility index (Phi) is 5.54. The van der Waals surface area contributed by atoms with E-state index >= 15 is 0 Å². The summed E-state index contributed by atoms with van der Waals surface area (Å²) in [6.45, 7) is 3.96. The molecule has 0 spiro atoms. The number of rotatable bonds is 4. The summed E-state index contributed by atoms with van der Waals surface area (Å²) in [6, 6.07) is 1.79. The van der Waals surface area contributed by atoms with Crippen LogP contribution in [0.5, 0.6) is 0 Å². The third-order valence-electron chi connectivity index (χ3n) is 3.95. The van der Waals surface area contributed by atoms with Gasteiger partial charge in [0.05, 0.1) is 16.7 Å². The van der Waals surface area contributed by atoms with Gasteiger partial charge in [-0.05, 0) is 37.8 Å². The minimum atomic E-state index is -0.998. The molecule has 2 rings (SSSR count). The van der Waals surface area contributed by atoms with E-state index in [0.29, 0.717) is 17.7 Å². The molecule has 0 bridgehead atoms. The summed E-state index contributed by atoms with van der Waals surface area (Å²) in [4.78, 5) is 37.1. The maximum Gasteiger partial charge on any atom is 0.307 e. The highest BCUT2D eigenvalue weighted by molar-refractivity contribution is 7.14. The first-order valence-electron chi connectivity index (χ1n) is 7.51. The molecular weight excluding hydrogens is 316 g/mol. The topological polar surface area (TPSA) is 95.5 Å². The van der Waals surface area contributed by atoms with Crippen LogP contribution in [0.2, 0.25) is 0 Å². The fourth-order valence-electron chi connectivity index (χ4n) is 2.63. The van der Waals surface area contributed by atoms with Gasteiger partial charge in [-0.2, -0.15) is 0 Å². The zero-order chi connectivity index (χ0) is 17.0. The van der Waals surface area contributed by atoms with Gasteiger partial charge in [-0.15, -0.1) is 11.3 Å². The second-order valence-electron chi connectivity index (χ2n) is 5.51. The van der Waals surface area contributed by atoms with E-state index in [9.17, 15) is 19.5 Å². The predicted molar refractivity (Wildman–Crippen MR) is 87.0 cm³/mol. The van der Waals surface area contributed by atoms with Crippen molar-refractivity contribution in [2.45, 2.75) is 33.1 Å². The van der Waals surface area contributed by atoms with Crippen molar-refractivity contribution in [1.29, 1.82) is 0 Å². The SMILES string of the molecule is CCc1sc(C(=O)NNC(=O)[C@H]2CC=CC[C@@H]2C(=O)O)cc1C. The Bertz CT molecular complexity index is 651. The van der Waals surface area contributed by atoms with E-state index in [2.05, 4.69) is 10.9 Å². The van der Waals surface area contributed by atoms with Crippen LogP contribution in [-0.4, -0.2) is 22.9 Å². The number of aryl methyl sites for hydroxylation is 2. The summed E-state index contributed by atoms with van der Waals surface area (Å²) in [5.41, 5.74) is 5.78. The van der Waals surface area contributed by atoms with Gasteiger partial charge in [0.1, 0.15) is 0 Å². The fourth-order valence-corrected chi connectivity index (χ4v) is 3.64. The Hall–Kier alpha value is -2.15. The van der Waals surface area contributed by atoms with Gasteiger partial charge in [0.15, 0.2) is 0 Å². The van der Waals surface area contributed by atoms with Gasteiger partial charge in [-0.1, -0.05) is 19.1 Å². The van der Waals surface area contributed by atoms with Crippen LogP contribution in [-0.2, 0) is 16.0 Å². The number of nitrogens with one attached hydrogen (secondary N) is 2. The summed E-state index contributed by atoms with van der Waals surface area (Å²) in [5.74, 6) is -3.28. The van der Waals surface area contributed by atoms with Crippen LogP contribution in [0.15, 0.2) is 18.2 Å². The highest BCUT2D eigenvalue weighted by atomic mass is 32.1. The average molecular weight is 336 g/mol. The van der Waals surface area contributed by atoms with E-state index in [4.69, 9.17) is 0 Å². The van der Waals surface area contributed by atoms with Crippen molar-refractivity contribution in [3.05, 3.63) is 33.5 Å². The van der Waals surface area contributed by atoms with Crippen LogP contribution in [0.1, 0.15) is 39.9 Å². The molecule has 6 nitrogen and oxygen atoms in total. The highest BCUT2D eigenvalue weighted by Crippen LogP contribution is 2.26. The number of carbonyl (C=O) groups excluding carboxylic acids is 2. The summed E-state index contributed by atoms with van der Waals surface area (Å²) < 4.78 is 0. The van der Waals surface area contributed by atoms with Gasteiger partial charge in [0, 0.05) is 4.88 Å². The molecule has 0 radical (unpaired) electrons. The molecule has 0 aromatic carbocycles. The summed E-state index contributed by atoms with van der Waals surface area (Å²) in [7, 11) is 0. The van der Waals surface area contributed by atoms with Crippen LogP contribution >= 0.6 is 11.3 Å². The zero-order valence-electron chi connectivity index (χ0n) is 13.1. The van der Waals surface area contributed by atoms with Crippen LogP contribution in [0, 0.1) is 18.8 Å². The summed E-state index contributed by atoms with van der Waals surface area (Å²) in [5, 5.41) is 9.17. The second kappa shape index (κ2) is 7.41. The number of carboxylic acid groups (broad SMARTS) is 1. The molecule has 0 saturated carbocycles. The number of aliphatic carboxylic acids is 1. The lowest BCUT2D eigenvalue weighted by Gasteiger charge is -2.24. The van der Waals surface area contributed by atoms with E-state index in [0.717, 1.165) is 16.9 Å². The van der Waals surface area contributed by atoms with Crippen LogP contribution < -0.4 is 10.9 Å². The second-order valence-corrected chi connectivity index (χ2v) is 6.64. The number of hydrogen-bond donors (Lipinski definition) is 3. The summed E-state index contributed by atoms with van der Waals surface area (Å²) in [6.07, 6.45) is 5.09. The van der Waals surface area contributed by atoms with Crippen molar-refractivity contribution < 1.29 is 19.5 Å². The number of hydrogen-bond acceptors (Lipinski definition) is 4. The molecule has 0 saturated heterocycles. The van der Waals surface area contributed by atoms with E-state index in [1.807, 2.05) is 13.8 Å². The van der Waals surface area contributed by atoms with E-state index in [1.54, 1.807) is 18.2 Å². The Balaban J connectivity index is 1.96. The molecule has 2 atom stereocenters. The molecule has 1 aromatic heterocycles. The molecule has 0 aliphatic heterocycles. The van der Waals surface area contributed by atoms with Gasteiger partial charge in [-0.25, -0.2) is 0 Å². The minimum Gasteiger partial charge on any atom is -0.481 e. The fraction of sp³-hybridized carbons (Fsp3) is 0.438. The van der Waals surface area contributed by atoms with Gasteiger partial charge in [0.25, 0.3) is 5.91 Å². The molecule has 7 heteroatoms. The van der Waals surface area contributed by atoms with Gasteiger partial charge < -0.3 is 5.11 Å². The number of amides is 2. The molecule has 1 aromatic rings. The van der Waals surface area contributed by atoms with Crippen LogP contribution in [0.4, 0.5) is 0 Å². The molecule has 0 unspecified atom stereocenters. The van der Waals surface area contributed by atoms with Gasteiger partial charge in [0.2, 0.25) is 5.91 Å². The molecule has 1 aliphatic rings. The van der Waals surface area contributed by atoms with Crippen molar-refractivity contribution in [3.8, 4) is 0 Å². The molecule has 124 valence electrons. The van der Waals surface area contributed by atoms with Crippen molar-refractivity contribution in [2.75, 3.05) is 0 Å². The Labute approximate surface area is 138 Å². The number of allylic oxidation sites excluding steroid dienone is 2. The lowest BCUT2D eigenvalue weighted by atomic mass is 9.82. The van der Waals surface area contributed by atoms with Gasteiger partial charge in [-0.3, -0.25) is 25.2 Å². The molecule has 3 N–H and O–H groups in total. The van der Waals surface area contributed by atoms with Crippen molar-refractivity contribution in [3.63, 3.8) is 0 Å². The Morgan fingerprint density at radius 1 is 1.22 bits per heavy atom. The normalized spacial score (nSPS) is 20.1. The first-order chi connectivity index (χ1) is 10.9. The van der Waals surface area contributed by atoms with E-state index < -0.39 is 23.7 Å². The maximum absolute atomic E-state index is 12.2. The zero-order valence-corrected chi connectivity index (χ0v) is 13.9. The lowest BCUT2D eigenvalue weighted by molar-refractivity contribution is -0.147. The molecule has 1 aliphatic carbocycles. The van der Waals surface area contributed by atoms with Crippen molar-refractivity contribution in [2.24, 2.45) is 11.8 Å². The molecule has 23 heavy (non-hydrogen) atoms. The number of carboxylic acids is 1. The highest BCUT2D eigenvalue weighted by Gasteiger charge is 2.34. The maximum atomic E-state index is 12.2. The van der Waals surface area contributed by atoms with Gasteiger partial charge >= 0.3 is 5.97 Å². The summed E-state index contributed by atoms with van der Waals surface area (Å²) >= 11 is 1.39. The van der Waals surface area contributed by atoms with Crippen molar-refractivity contribution >= 4 is 29.1 Å². The number of hydrazine groups is 1. The number of carbonyl (C=O) groups is 3. The smallest absolute Gasteiger partial charge is 0.307 e. The average Bonchev–Trinajstić information content (AvgIpc) is 2.93. The Morgan fingerprint density at radius 2 is 1.87 bits per heavy atom. The Morgan fingerprint density at radius 3 is 2.43 bits per heavy atom. The third kappa shape index (κ3) is 3.98. The minimum absolute atomic E-state index is 0.325. The lowest BCUT2D eigenvalue weighted by Crippen LogP contribution is -2.47. The molecule has 0 fully saturated rings. The first-order valence-corrected chi connectivity index (χ1v) is 8.33. The van der Waals surface area contributed by atoms with Crippen LogP contribution in [0.25, 0.3) is 0 Å². The monoisotopic (exact) mass is 336 g/mol. The first kappa shape index (κ1) is 17.2. The molecule has 2 amide bonds.